The van der Waals surface area contributed by atoms with Gasteiger partial charge in [0.15, 0.2) is 0 Å². The summed E-state index contributed by atoms with van der Waals surface area (Å²) in [5.41, 5.74) is 25.5. The lowest BCUT2D eigenvalue weighted by Gasteiger charge is -2.17. The Labute approximate surface area is 518 Å². The Morgan fingerprint density at radius 3 is 0.867 bits per heavy atom. The molecule has 2 heteroatoms. The smallest absolute Gasteiger partial charge is 0.211 e. The summed E-state index contributed by atoms with van der Waals surface area (Å²) in [5, 5.41) is 0. The highest BCUT2D eigenvalue weighted by molar-refractivity contribution is 5.83. The van der Waals surface area contributed by atoms with E-state index >= 15 is 0 Å². The molecule has 0 aliphatic carbocycles. The van der Waals surface area contributed by atoms with Crippen molar-refractivity contribution in [2.24, 2.45) is 0 Å². The molecule has 0 saturated heterocycles. The summed E-state index contributed by atoms with van der Waals surface area (Å²) in [4.78, 5) is 0. The van der Waals surface area contributed by atoms with Gasteiger partial charge in [-0.15, -0.1) is 0 Å². The molecule has 1 heterocycles. The molecule has 0 fully saturated rings. The van der Waals surface area contributed by atoms with Gasteiger partial charge in [-0.3, -0.25) is 0 Å². The maximum atomic E-state index is 12.8. The third-order valence-corrected chi connectivity index (χ3v) is 18.7. The van der Waals surface area contributed by atoms with E-state index in [0.29, 0.717) is 0 Å². The van der Waals surface area contributed by atoms with Crippen molar-refractivity contribution in [3.8, 4) is 0 Å². The number of benzene rings is 2. The molecule has 1 aliphatic heterocycles. The second kappa shape index (κ2) is 53.3. The summed E-state index contributed by atoms with van der Waals surface area (Å²) in [6, 6.07) is 14.5. The average molecular weight is 1140 g/mol. The van der Waals surface area contributed by atoms with Crippen molar-refractivity contribution < 1.29 is 4.70 Å². The fourth-order valence-corrected chi connectivity index (χ4v) is 13.2. The van der Waals surface area contributed by atoms with Gasteiger partial charge in [-0.05, 0) is 131 Å². The highest BCUT2D eigenvalue weighted by Crippen LogP contribution is 2.45. The monoisotopic (exact) mass is 1140 g/mol. The van der Waals surface area contributed by atoms with Crippen molar-refractivity contribution in [1.82, 2.24) is 0 Å². The zero-order valence-electron chi connectivity index (χ0n) is 56.6. The fourth-order valence-electron chi connectivity index (χ4n) is 13.2. The molecule has 0 aromatic heterocycles. The van der Waals surface area contributed by atoms with Crippen molar-refractivity contribution in [1.29, 1.82) is 0 Å². The molecule has 2 aromatic carbocycles. The van der Waals surface area contributed by atoms with Gasteiger partial charge in [0.05, 0.1) is 0 Å². The van der Waals surface area contributed by atoms with E-state index in [0.717, 1.165) is 69.2 Å². The van der Waals surface area contributed by atoms with Crippen LogP contribution in [-0.2, 0) is 25.7 Å². The van der Waals surface area contributed by atoms with Gasteiger partial charge in [-0.2, -0.15) is 0 Å². The van der Waals surface area contributed by atoms with E-state index in [1.54, 1.807) is 4.70 Å². The van der Waals surface area contributed by atoms with Gasteiger partial charge in [0, 0.05) is 22.3 Å². The van der Waals surface area contributed by atoms with Gasteiger partial charge >= 0.3 is 0 Å². The van der Waals surface area contributed by atoms with Crippen molar-refractivity contribution in [3.05, 3.63) is 111 Å². The molecule has 0 unspecified atom stereocenters. The van der Waals surface area contributed by atoms with Crippen LogP contribution in [0.3, 0.4) is 0 Å². The van der Waals surface area contributed by atoms with Crippen molar-refractivity contribution in [2.45, 2.75) is 395 Å². The van der Waals surface area contributed by atoms with Crippen molar-refractivity contribution in [2.75, 3.05) is 0 Å². The summed E-state index contributed by atoms with van der Waals surface area (Å²) in [5.74, 6) is 0. The Morgan fingerprint density at radius 1 is 0.289 bits per heavy atom. The van der Waals surface area contributed by atoms with Crippen LogP contribution in [0.15, 0.2) is 71.8 Å². The number of hydrogen-bond donors (Lipinski definition) is 0. The molecule has 0 spiro atoms. The average Bonchev–Trinajstić information content (AvgIpc) is 2.41. The molecule has 0 N–H and O–H groups in total. The standard InChI is InChI=1S/C81H138N2/c1-7-12-17-19-21-23-25-27-29-31-33-35-37-39-41-43-45-47-49-51-53-55-57-59-63-75-68-66-73(61-14-9-3)70-78(75)80-72(6)77(65-16-11-5)81(83(80)82)79-71-74(62-15-10-4)67-69-76(79)64-60-58-56-54-52-50-48-46-44-42-40-38-36-34-32-30-28-26-24-22-20-18-13-8-2/h55-58,66-71H,7-54,59-65H2,1-6H3. The predicted octanol–water partition coefficient (Wildman–Crippen LogP) is 28.2. The third-order valence-electron chi connectivity index (χ3n) is 18.7. The molecule has 0 saturated carbocycles. The molecular weight excluding hydrogens is 1000 g/mol. The Morgan fingerprint density at radius 2 is 0.554 bits per heavy atom. The molecule has 0 amide bonds. The van der Waals surface area contributed by atoms with Crippen LogP contribution in [-0.4, -0.2) is 4.70 Å². The van der Waals surface area contributed by atoms with E-state index in [9.17, 15) is 5.53 Å². The molecule has 472 valence electrons. The largest absolute Gasteiger partial charge is 0.493 e. The second-order valence-corrected chi connectivity index (χ2v) is 26.4. The molecule has 2 nitrogen and oxygen atoms in total. The van der Waals surface area contributed by atoms with E-state index in [2.05, 4.69) is 102 Å². The molecule has 83 heavy (non-hydrogen) atoms. The quantitative estimate of drug-likeness (QED) is 0.0358. The van der Waals surface area contributed by atoms with Crippen molar-refractivity contribution in [3.63, 3.8) is 0 Å². The lowest BCUT2D eigenvalue weighted by Crippen LogP contribution is -2.08. The Kier molecular flexibility index (Phi) is 47.6. The van der Waals surface area contributed by atoms with E-state index in [4.69, 9.17) is 0 Å². The van der Waals surface area contributed by atoms with E-state index in [1.807, 2.05) is 0 Å². The minimum atomic E-state index is 0.989. The van der Waals surface area contributed by atoms with Crippen LogP contribution >= 0.6 is 0 Å². The normalized spacial score (nSPS) is 13.0. The van der Waals surface area contributed by atoms with Crippen LogP contribution in [0.5, 0.6) is 0 Å². The minimum Gasteiger partial charge on any atom is -0.493 e. The molecule has 3 rings (SSSR count). The third kappa shape index (κ3) is 35.4. The lowest BCUT2D eigenvalue weighted by atomic mass is 9.91. The van der Waals surface area contributed by atoms with E-state index in [1.165, 1.54) is 340 Å². The van der Waals surface area contributed by atoms with Gasteiger partial charge < -0.3 is 5.53 Å². The van der Waals surface area contributed by atoms with Gasteiger partial charge in [0.25, 0.3) is 0 Å². The molecular formula is C81H138N2. The van der Waals surface area contributed by atoms with Gasteiger partial charge in [0.2, 0.25) is 11.4 Å². The second-order valence-electron chi connectivity index (χ2n) is 26.4. The number of nitrogens with zero attached hydrogens (tertiary/aromatic N) is 2. The zero-order chi connectivity index (χ0) is 59.3. The van der Waals surface area contributed by atoms with E-state index in [-0.39, 0.29) is 0 Å². The van der Waals surface area contributed by atoms with Gasteiger partial charge in [-0.1, -0.05) is 346 Å². The van der Waals surface area contributed by atoms with Crippen LogP contribution in [0, 0.1) is 0 Å². The van der Waals surface area contributed by atoms with Gasteiger partial charge in [0.1, 0.15) is 0 Å². The number of allylic oxidation sites excluding steroid dienone is 6. The van der Waals surface area contributed by atoms with Crippen LogP contribution in [0.1, 0.15) is 402 Å². The van der Waals surface area contributed by atoms with Crippen LogP contribution in [0.4, 0.5) is 0 Å². The number of aryl methyl sites for hydroxylation is 4. The molecule has 0 atom stereocenters. The van der Waals surface area contributed by atoms with E-state index < -0.39 is 0 Å². The SMILES string of the molecule is CCCCCCCCCCCCCCCCCCCCCCC=CCCc1ccc(CCCC)cc1C1=C(C)C(CCCC)=C(c2cc(CCCC)ccc2CCC=CCCCCCCCCCCCCCCCCCCCCCC)[N+]1=[N-]. The molecule has 1 aliphatic rings. The fraction of sp³-hybridized carbons (Fsp3) is 0.753. The minimum absolute atomic E-state index is 0.989. The highest BCUT2D eigenvalue weighted by Gasteiger charge is 2.35. The first kappa shape index (κ1) is 74.3. The van der Waals surface area contributed by atoms with Crippen molar-refractivity contribution >= 4 is 11.4 Å². The number of hydrogen-bond acceptors (Lipinski definition) is 0. The van der Waals surface area contributed by atoms with Gasteiger partial charge in [-0.25, -0.2) is 4.70 Å². The van der Waals surface area contributed by atoms with Crippen LogP contribution in [0.2, 0.25) is 0 Å². The zero-order valence-corrected chi connectivity index (χ0v) is 56.6. The van der Waals surface area contributed by atoms with Crippen LogP contribution in [0.25, 0.3) is 16.9 Å². The molecule has 0 radical (unpaired) electrons. The first-order valence-electron chi connectivity index (χ1n) is 37.5. The molecule has 2 aromatic rings. The summed E-state index contributed by atoms with van der Waals surface area (Å²) in [6.07, 6.45) is 83.7. The van der Waals surface area contributed by atoms with Crippen LogP contribution < -0.4 is 0 Å². The summed E-state index contributed by atoms with van der Waals surface area (Å²) < 4.78 is 1.66. The Balaban J connectivity index is 1.46. The Bertz CT molecular complexity index is 1990. The highest BCUT2D eigenvalue weighted by atomic mass is 15.2. The summed E-state index contributed by atoms with van der Waals surface area (Å²) in [6.45, 7) is 13.8. The maximum Gasteiger partial charge on any atom is 0.211 e. The maximum absolute atomic E-state index is 12.8. The number of unbranched alkanes of at least 4 members (excludes halogenated alkanes) is 43. The Hall–Kier alpha value is -3.00. The first-order chi connectivity index (χ1) is 41.0. The lowest BCUT2D eigenvalue weighted by molar-refractivity contribution is -0.345. The first-order valence-corrected chi connectivity index (χ1v) is 37.5. The molecule has 0 bridgehead atoms. The predicted molar refractivity (Wildman–Crippen MR) is 373 cm³/mol. The topological polar surface area (TPSA) is 25.3 Å². The summed E-state index contributed by atoms with van der Waals surface area (Å²) >= 11 is 0. The summed E-state index contributed by atoms with van der Waals surface area (Å²) in [7, 11) is 0. The number of rotatable bonds is 59.